The fourth-order valence-corrected chi connectivity index (χ4v) is 10.8. The highest BCUT2D eigenvalue weighted by atomic mass is 16.3. The maximum atomic E-state index is 6.49. The minimum Gasteiger partial charge on any atom is -0.455 e. The average Bonchev–Trinajstić information content (AvgIpc) is 3.84. The van der Waals surface area contributed by atoms with Gasteiger partial charge in [0.25, 0.3) is 0 Å². The number of fused-ring (bicyclic) bond motifs is 6. The quantitative estimate of drug-likeness (QED) is 0.143. The van der Waals surface area contributed by atoms with Gasteiger partial charge in [0.05, 0.1) is 11.5 Å². The molecule has 2 heteroatoms. The third kappa shape index (κ3) is 5.62. The van der Waals surface area contributed by atoms with Crippen LogP contribution in [0.4, 0.5) is 11.4 Å². The highest BCUT2D eigenvalue weighted by Crippen LogP contribution is 2.59. The number of rotatable bonds is 8. The van der Waals surface area contributed by atoms with E-state index in [2.05, 4.69) is 194 Å². The zero-order chi connectivity index (χ0) is 40.2. The van der Waals surface area contributed by atoms with Gasteiger partial charge in [0.2, 0.25) is 0 Å². The zero-order valence-corrected chi connectivity index (χ0v) is 34.1. The van der Waals surface area contributed by atoms with E-state index in [1.165, 1.54) is 55.4 Å². The van der Waals surface area contributed by atoms with Gasteiger partial charge in [-0.3, -0.25) is 0 Å². The number of benzene rings is 6. The van der Waals surface area contributed by atoms with Gasteiger partial charge in [-0.15, -0.1) is 0 Å². The first-order valence-corrected chi connectivity index (χ1v) is 21.5. The number of aryl methyl sites for hydroxylation is 1. The molecule has 0 radical (unpaired) electrons. The maximum absolute atomic E-state index is 6.49. The molecule has 4 aliphatic rings. The van der Waals surface area contributed by atoms with E-state index >= 15 is 0 Å². The van der Waals surface area contributed by atoms with Crippen LogP contribution in [0.1, 0.15) is 54.4 Å². The van der Waals surface area contributed by atoms with E-state index in [0.717, 1.165) is 70.9 Å². The molecule has 1 heterocycles. The molecule has 60 heavy (non-hydrogen) atoms. The Bertz CT molecular complexity index is 3100. The van der Waals surface area contributed by atoms with Crippen molar-refractivity contribution in [2.45, 2.75) is 50.5 Å². The number of furan rings is 1. The van der Waals surface area contributed by atoms with Gasteiger partial charge in [-0.2, -0.15) is 0 Å². The summed E-state index contributed by atoms with van der Waals surface area (Å²) in [7, 11) is 0. The molecule has 2 unspecified atom stereocenters. The summed E-state index contributed by atoms with van der Waals surface area (Å²) < 4.78 is 6.49. The number of nitrogens with zero attached hydrogens (tertiary/aromatic N) is 1. The van der Waals surface area contributed by atoms with Crippen LogP contribution in [0.15, 0.2) is 210 Å². The van der Waals surface area contributed by atoms with E-state index in [-0.39, 0.29) is 11.5 Å². The molecule has 0 bridgehead atoms. The van der Waals surface area contributed by atoms with E-state index in [4.69, 9.17) is 4.42 Å². The Morgan fingerprint density at radius 3 is 2.38 bits per heavy atom. The summed E-state index contributed by atoms with van der Waals surface area (Å²) in [6, 6.07) is 44.4. The Morgan fingerprint density at radius 1 is 0.767 bits per heavy atom. The second-order valence-corrected chi connectivity index (χ2v) is 16.6. The van der Waals surface area contributed by atoms with Crippen LogP contribution in [0.5, 0.6) is 0 Å². The topological polar surface area (TPSA) is 16.4 Å². The first-order valence-electron chi connectivity index (χ1n) is 21.5. The molecule has 0 amide bonds. The summed E-state index contributed by atoms with van der Waals surface area (Å²) in [4.78, 5) is 2.57. The first-order chi connectivity index (χ1) is 29.6. The predicted molar refractivity (Wildman–Crippen MR) is 255 cm³/mol. The molecule has 0 saturated carbocycles. The molecule has 0 saturated heterocycles. The molecule has 6 aromatic carbocycles. The van der Waals surface area contributed by atoms with Crippen molar-refractivity contribution < 1.29 is 4.42 Å². The third-order valence-corrected chi connectivity index (χ3v) is 13.4. The van der Waals surface area contributed by atoms with Crippen molar-refractivity contribution in [2.75, 3.05) is 4.90 Å². The fraction of sp³-hybridized carbons (Fsp3) is 0.138. The van der Waals surface area contributed by atoms with Crippen LogP contribution in [0.3, 0.4) is 0 Å². The Balaban J connectivity index is 1.06. The Labute approximate surface area is 352 Å². The van der Waals surface area contributed by atoms with Gasteiger partial charge in [-0.1, -0.05) is 176 Å². The summed E-state index contributed by atoms with van der Waals surface area (Å²) in [5, 5.41) is 4.79. The highest BCUT2D eigenvalue weighted by molar-refractivity contribution is 6.09. The van der Waals surface area contributed by atoms with Gasteiger partial charge in [0, 0.05) is 33.3 Å². The van der Waals surface area contributed by atoms with Crippen molar-refractivity contribution in [1.82, 2.24) is 0 Å². The average molecular weight is 774 g/mol. The summed E-state index contributed by atoms with van der Waals surface area (Å²) in [6.45, 7) is 6.32. The van der Waals surface area contributed by atoms with Gasteiger partial charge in [0.15, 0.2) is 0 Å². The van der Waals surface area contributed by atoms with E-state index in [1.54, 1.807) is 5.57 Å². The molecule has 290 valence electrons. The van der Waals surface area contributed by atoms with Crippen molar-refractivity contribution in [1.29, 1.82) is 0 Å². The molecule has 0 aliphatic heterocycles. The second kappa shape index (κ2) is 14.7. The SMILES string of the molecule is C=C/C=C\c1c(N(c2ccc(-c3cccc4c3oc3ccccc34)cc2)C2C=CC(C3(C4=CC=CCC4)C4=C(C=CCC4)c4ccccc43)=CC2)cc2ccccc2c1C. The minimum absolute atomic E-state index is 0.0727. The number of para-hydroxylation sites is 2. The van der Waals surface area contributed by atoms with E-state index < -0.39 is 0 Å². The van der Waals surface area contributed by atoms with Gasteiger partial charge in [-0.25, -0.2) is 0 Å². The lowest BCUT2D eigenvalue weighted by Crippen LogP contribution is -2.36. The van der Waals surface area contributed by atoms with Crippen LogP contribution >= 0.6 is 0 Å². The molecular formula is C58H47NO. The largest absolute Gasteiger partial charge is 0.455 e. The summed E-state index contributed by atoms with van der Waals surface area (Å²) in [5.74, 6) is 0. The number of hydrogen-bond acceptors (Lipinski definition) is 2. The van der Waals surface area contributed by atoms with Crippen molar-refractivity contribution in [3.8, 4) is 11.1 Å². The van der Waals surface area contributed by atoms with Crippen LogP contribution in [0.25, 0.3) is 55.5 Å². The lowest BCUT2D eigenvalue weighted by molar-refractivity contribution is 0.631. The standard InChI is InChI=1S/C58H47NO/c1-3-4-20-47-39(2)46-21-9-8-17-41(46)38-55(47)59(44-34-30-40(31-35-44)48-25-16-26-52-51-24-12-15-29-56(51)60-57(48)52)45-36-32-43(33-37-45)58(42-18-6-5-7-19-42)53-27-13-10-22-49(53)50-23-11-14-28-54(50)58/h3-6,8-13,15-18,20-27,29-36,38,45H,1,7,14,19,28,37H2,2H3/b20-4-. The van der Waals surface area contributed by atoms with E-state index in [1.807, 2.05) is 12.1 Å². The minimum atomic E-state index is -0.259. The fourth-order valence-electron chi connectivity index (χ4n) is 10.8. The molecule has 4 aliphatic carbocycles. The first kappa shape index (κ1) is 36.2. The Hall–Kier alpha value is -6.90. The van der Waals surface area contributed by atoms with Crippen LogP contribution in [0.2, 0.25) is 0 Å². The van der Waals surface area contributed by atoms with E-state index in [9.17, 15) is 0 Å². The van der Waals surface area contributed by atoms with Crippen LogP contribution in [-0.4, -0.2) is 6.04 Å². The molecule has 0 fully saturated rings. The summed E-state index contributed by atoms with van der Waals surface area (Å²) in [6.07, 6.45) is 30.7. The van der Waals surface area contributed by atoms with Crippen LogP contribution in [0, 0.1) is 6.92 Å². The van der Waals surface area contributed by atoms with Crippen LogP contribution in [-0.2, 0) is 5.41 Å². The molecule has 2 atom stereocenters. The van der Waals surface area contributed by atoms with Gasteiger partial charge in [-0.05, 0) is 113 Å². The Morgan fingerprint density at radius 2 is 1.55 bits per heavy atom. The normalized spacial score (nSPS) is 19.6. The highest BCUT2D eigenvalue weighted by Gasteiger charge is 2.49. The summed E-state index contributed by atoms with van der Waals surface area (Å²) >= 11 is 0. The lowest BCUT2D eigenvalue weighted by atomic mass is 9.62. The second-order valence-electron chi connectivity index (χ2n) is 16.6. The van der Waals surface area contributed by atoms with Crippen LogP contribution < -0.4 is 4.90 Å². The van der Waals surface area contributed by atoms with E-state index in [0.29, 0.717) is 0 Å². The van der Waals surface area contributed by atoms with Crippen molar-refractivity contribution >= 4 is 55.7 Å². The van der Waals surface area contributed by atoms with Crippen molar-refractivity contribution in [3.63, 3.8) is 0 Å². The molecule has 0 N–H and O–H groups in total. The lowest BCUT2D eigenvalue weighted by Gasteiger charge is -2.42. The monoisotopic (exact) mass is 773 g/mol. The van der Waals surface area contributed by atoms with Gasteiger partial charge in [0.1, 0.15) is 11.2 Å². The number of hydrogen-bond donors (Lipinski definition) is 0. The molecule has 11 rings (SSSR count). The van der Waals surface area contributed by atoms with Crippen molar-refractivity contribution in [3.05, 3.63) is 228 Å². The zero-order valence-electron chi connectivity index (χ0n) is 34.1. The molecule has 2 nitrogen and oxygen atoms in total. The molecular weight excluding hydrogens is 727 g/mol. The number of anilines is 2. The smallest absolute Gasteiger partial charge is 0.143 e. The van der Waals surface area contributed by atoms with Gasteiger partial charge >= 0.3 is 0 Å². The number of allylic oxidation sites excluding steroid dienone is 12. The maximum Gasteiger partial charge on any atom is 0.143 e. The van der Waals surface area contributed by atoms with Gasteiger partial charge < -0.3 is 9.32 Å². The molecule has 7 aromatic rings. The Kier molecular flexibility index (Phi) is 8.89. The molecule has 0 spiro atoms. The third-order valence-electron chi connectivity index (χ3n) is 13.4. The summed E-state index contributed by atoms with van der Waals surface area (Å²) in [5.41, 5.74) is 17.4. The molecule has 1 aromatic heterocycles. The predicted octanol–water partition coefficient (Wildman–Crippen LogP) is 15.6. The van der Waals surface area contributed by atoms with Crippen molar-refractivity contribution in [2.24, 2.45) is 0 Å².